The lowest BCUT2D eigenvalue weighted by Crippen LogP contribution is -1.98. The minimum Gasteiger partial charge on any atom is -0.294 e. The van der Waals surface area contributed by atoms with Crippen LogP contribution in [0.3, 0.4) is 0 Å². The molecule has 0 aliphatic heterocycles. The fourth-order valence-corrected chi connectivity index (χ4v) is 0.102. The average Bonchev–Trinajstić information content (AvgIpc) is 1.84. The Hall–Kier alpha value is -1.28. The van der Waals surface area contributed by atoms with Crippen LogP contribution in [0.1, 0.15) is 0 Å². The van der Waals surface area contributed by atoms with Crippen LogP contribution in [0.25, 0.3) is 0 Å². The molecule has 4 heteroatoms. The minimum absolute atomic E-state index is 0.291. The van der Waals surface area contributed by atoms with Crippen molar-refractivity contribution in [3.63, 3.8) is 0 Å². The molecule has 8 heavy (non-hydrogen) atoms. The molecular weight excluding hydrogens is 115 g/mol. The van der Waals surface area contributed by atoms with Crippen molar-refractivity contribution >= 4 is 18.0 Å². The van der Waals surface area contributed by atoms with Crippen molar-refractivity contribution < 1.29 is 18.8 Å². The summed E-state index contributed by atoms with van der Waals surface area (Å²) >= 11 is 0. The molecule has 0 N–H and O–H groups in total. The smallest absolute Gasteiger partial charge is 0.265 e. The molecule has 0 amide bonds. The number of halogens is 1. The summed E-state index contributed by atoms with van der Waals surface area (Å²) in [6.07, 6.45) is -0.291. The molecule has 0 fully saturated rings. The van der Waals surface area contributed by atoms with E-state index in [2.05, 4.69) is 0 Å². The number of allylic oxidation sites excluding steroid dienone is 1. The maximum Gasteiger partial charge on any atom is 0.265 e. The molecule has 0 aromatic heterocycles. The van der Waals surface area contributed by atoms with Gasteiger partial charge in [-0.05, 0) is 0 Å². The van der Waals surface area contributed by atoms with Gasteiger partial charge in [0, 0.05) is 0 Å². The molecular formula is C4HFO3. The van der Waals surface area contributed by atoms with E-state index < -0.39 is 11.6 Å². The van der Waals surface area contributed by atoms with Crippen molar-refractivity contribution in [2.75, 3.05) is 0 Å². The van der Waals surface area contributed by atoms with E-state index in [4.69, 9.17) is 0 Å². The highest BCUT2D eigenvalue weighted by Gasteiger charge is 2.05. The first-order valence-electron chi connectivity index (χ1n) is 1.62. The van der Waals surface area contributed by atoms with Crippen molar-refractivity contribution in [2.45, 2.75) is 0 Å². The van der Waals surface area contributed by atoms with Crippen LogP contribution in [0.5, 0.6) is 0 Å². The number of ketones is 1. The standard InChI is InChI=1S/C4HFO3/c5-3(1-6)4(8)2-7/h2H. The fraction of sp³-hybridized carbons (Fsp3) is 0. The summed E-state index contributed by atoms with van der Waals surface area (Å²) in [5.41, 5.74) is 0. The van der Waals surface area contributed by atoms with Crippen molar-refractivity contribution in [3.8, 4) is 0 Å². The van der Waals surface area contributed by atoms with Crippen molar-refractivity contribution in [2.24, 2.45) is 0 Å². The summed E-state index contributed by atoms with van der Waals surface area (Å²) < 4.78 is 11.4. The quantitative estimate of drug-likeness (QED) is 0.210. The molecule has 0 spiro atoms. The van der Waals surface area contributed by atoms with E-state index >= 15 is 0 Å². The maximum absolute atomic E-state index is 11.4. The predicted molar refractivity (Wildman–Crippen MR) is 21.4 cm³/mol. The monoisotopic (exact) mass is 116 g/mol. The molecule has 0 rings (SSSR count). The van der Waals surface area contributed by atoms with E-state index in [1.807, 2.05) is 0 Å². The minimum atomic E-state index is -1.68. The van der Waals surface area contributed by atoms with Gasteiger partial charge in [0.25, 0.3) is 11.6 Å². The number of Topliss-reactive ketones (excluding diaryl/α,β-unsaturated/α-hetero) is 1. The molecule has 0 saturated heterocycles. The molecule has 3 nitrogen and oxygen atoms in total. The van der Waals surface area contributed by atoms with Gasteiger partial charge < -0.3 is 0 Å². The van der Waals surface area contributed by atoms with E-state index in [1.165, 1.54) is 0 Å². The van der Waals surface area contributed by atoms with Crippen LogP contribution < -0.4 is 0 Å². The second-order valence-electron chi connectivity index (χ2n) is 0.898. The number of aldehydes is 1. The number of hydrogen-bond acceptors (Lipinski definition) is 3. The van der Waals surface area contributed by atoms with Gasteiger partial charge >= 0.3 is 0 Å². The van der Waals surface area contributed by atoms with Crippen LogP contribution in [0, 0.1) is 0 Å². The van der Waals surface area contributed by atoms with Crippen molar-refractivity contribution in [1.82, 2.24) is 0 Å². The lowest BCUT2D eigenvalue weighted by molar-refractivity contribution is -0.128. The number of carbonyl (C=O) groups is 2. The Morgan fingerprint density at radius 2 is 2.12 bits per heavy atom. The van der Waals surface area contributed by atoms with E-state index in [1.54, 1.807) is 0 Å². The van der Waals surface area contributed by atoms with Crippen molar-refractivity contribution in [1.29, 1.82) is 0 Å². The number of carbonyl (C=O) groups excluding carboxylic acids is 3. The third kappa shape index (κ3) is 1.45. The van der Waals surface area contributed by atoms with Crippen LogP contribution in [0.4, 0.5) is 4.39 Å². The van der Waals surface area contributed by atoms with Gasteiger partial charge in [-0.25, -0.2) is 4.79 Å². The second-order valence-corrected chi connectivity index (χ2v) is 0.898. The highest BCUT2D eigenvalue weighted by molar-refractivity contribution is 6.34. The largest absolute Gasteiger partial charge is 0.294 e. The lowest BCUT2D eigenvalue weighted by Gasteiger charge is -1.72. The van der Waals surface area contributed by atoms with Gasteiger partial charge in [0.05, 0.1) is 0 Å². The predicted octanol–water partition coefficient (Wildman–Crippen LogP) is -0.561. The summed E-state index contributed by atoms with van der Waals surface area (Å²) in [7, 11) is 0. The van der Waals surface area contributed by atoms with E-state index in [9.17, 15) is 18.8 Å². The first-order chi connectivity index (χ1) is 3.72. The first kappa shape index (κ1) is 6.72. The topological polar surface area (TPSA) is 51.2 Å². The number of hydrogen-bond donors (Lipinski definition) is 0. The molecule has 0 aliphatic carbocycles. The zero-order chi connectivity index (χ0) is 6.57. The highest BCUT2D eigenvalue weighted by Crippen LogP contribution is 1.86. The molecule has 0 heterocycles. The summed E-state index contributed by atoms with van der Waals surface area (Å²) in [6, 6.07) is 0. The SMILES string of the molecule is O=C=C(F)C(=O)C=O. The molecule has 0 radical (unpaired) electrons. The summed E-state index contributed by atoms with van der Waals surface area (Å²) in [6.45, 7) is 0. The Balaban J connectivity index is 4.25. The van der Waals surface area contributed by atoms with E-state index in [0.717, 1.165) is 0 Å². The van der Waals surface area contributed by atoms with E-state index in [0.29, 0.717) is 5.94 Å². The van der Waals surface area contributed by atoms with Crippen LogP contribution in [0.2, 0.25) is 0 Å². The van der Waals surface area contributed by atoms with Gasteiger partial charge in [-0.1, -0.05) is 0 Å². The van der Waals surface area contributed by atoms with Gasteiger partial charge in [0.1, 0.15) is 0 Å². The molecule has 0 aromatic carbocycles. The zero-order valence-corrected chi connectivity index (χ0v) is 3.68. The molecule has 0 atom stereocenters. The van der Waals surface area contributed by atoms with Gasteiger partial charge in [-0.15, -0.1) is 0 Å². The van der Waals surface area contributed by atoms with Crippen LogP contribution in [0.15, 0.2) is 5.83 Å². The van der Waals surface area contributed by atoms with Crippen molar-refractivity contribution in [3.05, 3.63) is 5.83 Å². The van der Waals surface area contributed by atoms with E-state index in [-0.39, 0.29) is 6.29 Å². The van der Waals surface area contributed by atoms with Gasteiger partial charge in [0.15, 0.2) is 12.2 Å². The first-order valence-corrected chi connectivity index (χ1v) is 1.62. The Kier molecular flexibility index (Phi) is 2.37. The maximum atomic E-state index is 11.4. The number of rotatable bonds is 2. The molecule has 42 valence electrons. The third-order valence-electron chi connectivity index (χ3n) is 0.413. The van der Waals surface area contributed by atoms with Crippen LogP contribution in [-0.4, -0.2) is 18.0 Å². The average molecular weight is 116 g/mol. The Labute approximate surface area is 43.8 Å². The fourth-order valence-electron chi connectivity index (χ4n) is 0.102. The molecule has 0 aliphatic rings. The second kappa shape index (κ2) is 2.82. The molecule has 0 bridgehead atoms. The van der Waals surface area contributed by atoms with Gasteiger partial charge in [0.2, 0.25) is 0 Å². The molecule has 0 aromatic rings. The summed E-state index contributed by atoms with van der Waals surface area (Å²) in [4.78, 5) is 28.2. The van der Waals surface area contributed by atoms with Gasteiger partial charge in [-0.2, -0.15) is 4.39 Å². The summed E-state index contributed by atoms with van der Waals surface area (Å²) in [5.74, 6) is -2.52. The molecule has 0 unspecified atom stereocenters. The highest BCUT2D eigenvalue weighted by atomic mass is 19.1. The van der Waals surface area contributed by atoms with Gasteiger partial charge in [-0.3, -0.25) is 9.59 Å². The normalized spacial score (nSPS) is 7.12. The van der Waals surface area contributed by atoms with Crippen LogP contribution in [-0.2, 0) is 14.4 Å². The lowest BCUT2D eigenvalue weighted by atomic mass is 10.4. The summed E-state index contributed by atoms with van der Waals surface area (Å²) in [5, 5.41) is 0. The van der Waals surface area contributed by atoms with Crippen LogP contribution >= 0.6 is 0 Å². The Morgan fingerprint density at radius 3 is 2.25 bits per heavy atom. The Morgan fingerprint density at radius 1 is 1.62 bits per heavy atom. The Bertz CT molecular complexity index is 166. The zero-order valence-electron chi connectivity index (χ0n) is 3.68. The third-order valence-corrected chi connectivity index (χ3v) is 0.413. The molecule has 0 saturated carbocycles.